The Labute approximate surface area is 180 Å². The molecule has 0 atom stereocenters. The Morgan fingerprint density at radius 3 is 2.50 bits per heavy atom. The van der Waals surface area contributed by atoms with E-state index in [0.717, 1.165) is 33.8 Å². The highest BCUT2D eigenvalue weighted by Gasteiger charge is 2.22. The Morgan fingerprint density at radius 1 is 0.967 bits per heavy atom. The fraction of sp³-hybridized carbons (Fsp3) is 0.304. The van der Waals surface area contributed by atoms with Gasteiger partial charge >= 0.3 is 0 Å². The average Bonchev–Trinajstić information content (AvgIpc) is 3.14. The minimum absolute atomic E-state index is 0.0604. The van der Waals surface area contributed by atoms with Crippen molar-refractivity contribution in [1.29, 1.82) is 0 Å². The minimum atomic E-state index is -0.0604. The Kier molecular flexibility index (Phi) is 5.74. The first kappa shape index (κ1) is 20.4. The fourth-order valence-corrected chi connectivity index (χ4v) is 4.60. The number of fused-ring (bicyclic) bond motifs is 2. The Balaban J connectivity index is 1.73. The number of aromatic nitrogens is 3. The summed E-state index contributed by atoms with van der Waals surface area (Å²) in [5.41, 5.74) is 5.40. The number of hydrogen-bond acceptors (Lipinski definition) is 6. The van der Waals surface area contributed by atoms with Crippen molar-refractivity contribution in [3.05, 3.63) is 59.4 Å². The number of amides is 1. The molecule has 0 aliphatic carbocycles. The zero-order valence-corrected chi connectivity index (χ0v) is 18.5. The van der Waals surface area contributed by atoms with Crippen molar-refractivity contribution in [3.8, 4) is 0 Å². The van der Waals surface area contributed by atoms with Crippen molar-refractivity contribution in [3.63, 3.8) is 0 Å². The number of thiazole rings is 1. The summed E-state index contributed by atoms with van der Waals surface area (Å²) < 4.78 is 1.13. The normalized spacial score (nSPS) is 11.5. The van der Waals surface area contributed by atoms with Gasteiger partial charge in [0.25, 0.3) is 5.91 Å². The molecule has 1 amide bonds. The molecule has 4 rings (SSSR count). The maximum Gasteiger partial charge on any atom is 0.260 e. The van der Waals surface area contributed by atoms with Crippen LogP contribution in [0.3, 0.4) is 0 Å². The summed E-state index contributed by atoms with van der Waals surface area (Å²) in [5.74, 6) is -0.0604. The molecule has 0 spiro atoms. The molecule has 154 valence electrons. The van der Waals surface area contributed by atoms with Gasteiger partial charge in [-0.2, -0.15) is 0 Å². The zero-order chi connectivity index (χ0) is 21.3. The Bertz CT molecular complexity index is 1220. The first-order valence-corrected chi connectivity index (χ1v) is 10.8. The lowest BCUT2D eigenvalue weighted by Crippen LogP contribution is -2.33. The molecular formula is C23H25N5OS. The number of aryl methyl sites for hydroxylation is 2. The standard InChI is InChI=1S/C23H25N5OS/c1-15-12-16(2)21-20(13-15)26-23(30-21)28(11-5-10-27(3)4)22(29)17-6-7-18-19(14-17)25-9-8-24-18/h6-9,12-14H,5,10-11H2,1-4H3. The third-order valence-electron chi connectivity index (χ3n) is 4.99. The van der Waals surface area contributed by atoms with Crippen LogP contribution in [0.1, 0.15) is 27.9 Å². The van der Waals surface area contributed by atoms with Crippen molar-refractivity contribution in [2.24, 2.45) is 0 Å². The second kappa shape index (κ2) is 8.45. The molecule has 30 heavy (non-hydrogen) atoms. The molecule has 0 bridgehead atoms. The van der Waals surface area contributed by atoms with E-state index >= 15 is 0 Å². The molecule has 0 aliphatic rings. The van der Waals surface area contributed by atoms with E-state index in [1.165, 1.54) is 11.1 Å². The molecule has 6 nitrogen and oxygen atoms in total. The van der Waals surface area contributed by atoms with Crippen LogP contribution >= 0.6 is 11.3 Å². The highest BCUT2D eigenvalue weighted by atomic mass is 32.1. The molecular weight excluding hydrogens is 394 g/mol. The van der Waals surface area contributed by atoms with E-state index in [9.17, 15) is 4.79 Å². The summed E-state index contributed by atoms with van der Waals surface area (Å²) in [6.45, 7) is 5.67. The van der Waals surface area contributed by atoms with Gasteiger partial charge in [0.1, 0.15) is 0 Å². The second-order valence-corrected chi connectivity index (χ2v) is 8.78. The largest absolute Gasteiger partial charge is 0.309 e. The maximum absolute atomic E-state index is 13.5. The second-order valence-electron chi connectivity index (χ2n) is 7.80. The highest BCUT2D eigenvalue weighted by molar-refractivity contribution is 7.22. The lowest BCUT2D eigenvalue weighted by Gasteiger charge is -2.21. The van der Waals surface area contributed by atoms with E-state index in [2.05, 4.69) is 40.8 Å². The molecule has 2 aromatic carbocycles. The van der Waals surface area contributed by atoms with Crippen LogP contribution in [0.15, 0.2) is 42.7 Å². The van der Waals surface area contributed by atoms with Crippen molar-refractivity contribution in [2.75, 3.05) is 32.1 Å². The molecule has 2 aromatic heterocycles. The molecule has 7 heteroatoms. The smallest absolute Gasteiger partial charge is 0.260 e. The van der Waals surface area contributed by atoms with Crippen LogP contribution in [0.2, 0.25) is 0 Å². The molecule has 0 saturated carbocycles. The molecule has 0 aliphatic heterocycles. The molecule has 0 saturated heterocycles. The summed E-state index contributed by atoms with van der Waals surface area (Å²) in [5, 5.41) is 0.738. The number of carbonyl (C=O) groups is 1. The first-order valence-electron chi connectivity index (χ1n) is 9.97. The van der Waals surface area contributed by atoms with E-state index in [1.807, 2.05) is 32.3 Å². The molecule has 2 heterocycles. The summed E-state index contributed by atoms with van der Waals surface area (Å²) in [6.07, 6.45) is 4.16. The summed E-state index contributed by atoms with van der Waals surface area (Å²) in [4.78, 5) is 30.9. The predicted octanol–water partition coefficient (Wildman–Crippen LogP) is 4.45. The van der Waals surface area contributed by atoms with E-state index in [0.29, 0.717) is 17.6 Å². The Morgan fingerprint density at radius 2 is 1.73 bits per heavy atom. The topological polar surface area (TPSA) is 62.2 Å². The number of hydrogen-bond donors (Lipinski definition) is 0. The molecule has 4 aromatic rings. The van der Waals surface area contributed by atoms with Crippen LogP contribution < -0.4 is 4.90 Å². The van der Waals surface area contributed by atoms with Gasteiger partial charge in [-0.1, -0.05) is 17.4 Å². The van der Waals surface area contributed by atoms with E-state index in [-0.39, 0.29) is 5.91 Å². The van der Waals surface area contributed by atoms with Crippen molar-refractivity contribution in [1.82, 2.24) is 19.9 Å². The predicted molar refractivity (Wildman–Crippen MR) is 123 cm³/mol. The van der Waals surface area contributed by atoms with Gasteiger partial charge in [-0.05, 0) is 76.3 Å². The molecule has 0 N–H and O–H groups in total. The summed E-state index contributed by atoms with van der Waals surface area (Å²) in [7, 11) is 4.08. The number of rotatable bonds is 6. The van der Waals surface area contributed by atoms with Crippen molar-refractivity contribution < 1.29 is 4.79 Å². The van der Waals surface area contributed by atoms with Crippen molar-refractivity contribution >= 4 is 43.6 Å². The molecule has 0 unspecified atom stereocenters. The molecule has 0 radical (unpaired) electrons. The van der Waals surface area contributed by atoms with Gasteiger partial charge in [0.05, 0.1) is 21.3 Å². The van der Waals surface area contributed by atoms with Gasteiger partial charge < -0.3 is 4.90 Å². The van der Waals surface area contributed by atoms with Crippen LogP contribution in [0.25, 0.3) is 21.3 Å². The van der Waals surface area contributed by atoms with E-state index in [4.69, 9.17) is 4.98 Å². The lowest BCUT2D eigenvalue weighted by atomic mass is 10.1. The SMILES string of the molecule is Cc1cc(C)c2sc(N(CCCN(C)C)C(=O)c3ccc4nccnc4c3)nc2c1. The quantitative estimate of drug-likeness (QED) is 0.462. The van der Waals surface area contributed by atoms with E-state index < -0.39 is 0 Å². The fourth-order valence-electron chi connectivity index (χ4n) is 3.56. The monoisotopic (exact) mass is 419 g/mol. The van der Waals surface area contributed by atoms with Gasteiger partial charge in [-0.3, -0.25) is 19.7 Å². The number of nitrogens with zero attached hydrogens (tertiary/aromatic N) is 5. The maximum atomic E-state index is 13.5. The summed E-state index contributed by atoms with van der Waals surface area (Å²) >= 11 is 1.58. The zero-order valence-electron chi connectivity index (χ0n) is 17.7. The number of carbonyl (C=O) groups excluding carboxylic acids is 1. The van der Waals surface area contributed by atoms with Gasteiger partial charge in [-0.25, -0.2) is 4.98 Å². The lowest BCUT2D eigenvalue weighted by molar-refractivity contribution is 0.0986. The van der Waals surface area contributed by atoms with Crippen LogP contribution in [-0.2, 0) is 0 Å². The third-order valence-corrected chi connectivity index (χ3v) is 6.22. The van der Waals surface area contributed by atoms with Crippen LogP contribution in [0, 0.1) is 13.8 Å². The van der Waals surface area contributed by atoms with Gasteiger partial charge in [-0.15, -0.1) is 0 Å². The number of anilines is 1. The van der Waals surface area contributed by atoms with Crippen molar-refractivity contribution in [2.45, 2.75) is 20.3 Å². The third kappa shape index (κ3) is 4.17. The minimum Gasteiger partial charge on any atom is -0.309 e. The van der Waals surface area contributed by atoms with Crippen LogP contribution in [0.4, 0.5) is 5.13 Å². The highest BCUT2D eigenvalue weighted by Crippen LogP contribution is 2.33. The average molecular weight is 420 g/mol. The van der Waals surface area contributed by atoms with Gasteiger partial charge in [0, 0.05) is 24.5 Å². The van der Waals surface area contributed by atoms with Gasteiger partial charge in [0.2, 0.25) is 0 Å². The Hall–Kier alpha value is -2.90. The summed E-state index contributed by atoms with van der Waals surface area (Å²) in [6, 6.07) is 9.72. The van der Waals surface area contributed by atoms with Gasteiger partial charge in [0.15, 0.2) is 5.13 Å². The number of benzene rings is 2. The van der Waals surface area contributed by atoms with Crippen LogP contribution in [0.5, 0.6) is 0 Å². The first-order chi connectivity index (χ1) is 14.4. The van der Waals surface area contributed by atoms with Crippen LogP contribution in [-0.4, -0.2) is 52.9 Å². The van der Waals surface area contributed by atoms with E-state index in [1.54, 1.807) is 28.6 Å². The molecule has 0 fully saturated rings.